The molecule has 2 aromatic heterocycles. The van der Waals surface area contributed by atoms with Crippen molar-refractivity contribution in [2.24, 2.45) is 0 Å². The third-order valence-corrected chi connectivity index (χ3v) is 3.12. The Hall–Kier alpha value is -2.08. The van der Waals surface area contributed by atoms with Crippen molar-refractivity contribution in [3.63, 3.8) is 0 Å². The SMILES string of the molecule is Nc1cc(C(=O)Nc2cc(Cl)ncn2)n(C2CC2)c1. The zero-order chi connectivity index (χ0) is 13.4. The number of anilines is 2. The molecule has 3 N–H and O–H groups in total. The van der Waals surface area contributed by atoms with Gasteiger partial charge in [0, 0.05) is 18.3 Å². The Bertz CT molecular complexity index is 635. The minimum atomic E-state index is -0.252. The van der Waals surface area contributed by atoms with Crippen LogP contribution in [0.2, 0.25) is 5.15 Å². The van der Waals surface area contributed by atoms with Crippen molar-refractivity contribution in [2.75, 3.05) is 11.1 Å². The molecule has 6 nitrogen and oxygen atoms in total. The second-order valence-corrected chi connectivity index (χ2v) is 4.86. The van der Waals surface area contributed by atoms with E-state index >= 15 is 0 Å². The summed E-state index contributed by atoms with van der Waals surface area (Å²) in [6.07, 6.45) is 5.24. The van der Waals surface area contributed by atoms with Gasteiger partial charge >= 0.3 is 0 Å². The van der Waals surface area contributed by atoms with Crippen LogP contribution in [-0.4, -0.2) is 20.4 Å². The molecule has 0 aromatic carbocycles. The molecule has 19 heavy (non-hydrogen) atoms. The minimum absolute atomic E-state index is 0.252. The van der Waals surface area contributed by atoms with Gasteiger partial charge in [0.25, 0.3) is 5.91 Å². The molecule has 1 saturated carbocycles. The number of rotatable bonds is 3. The lowest BCUT2D eigenvalue weighted by atomic mass is 10.3. The highest BCUT2D eigenvalue weighted by molar-refractivity contribution is 6.29. The molecule has 7 heteroatoms. The predicted molar refractivity (Wildman–Crippen MR) is 72.1 cm³/mol. The average Bonchev–Trinajstić information content (AvgIpc) is 3.12. The largest absolute Gasteiger partial charge is 0.397 e. The van der Waals surface area contributed by atoms with Gasteiger partial charge in [0.1, 0.15) is 23.0 Å². The molecule has 0 saturated heterocycles. The molecule has 98 valence electrons. The number of nitrogen functional groups attached to an aromatic ring is 1. The Morgan fingerprint density at radius 3 is 2.89 bits per heavy atom. The van der Waals surface area contributed by atoms with Gasteiger partial charge in [-0.15, -0.1) is 0 Å². The second-order valence-electron chi connectivity index (χ2n) is 4.48. The number of carbonyl (C=O) groups is 1. The summed E-state index contributed by atoms with van der Waals surface area (Å²) in [7, 11) is 0. The molecule has 1 amide bonds. The molecule has 1 fully saturated rings. The van der Waals surface area contributed by atoms with Crippen LogP contribution in [0.1, 0.15) is 29.4 Å². The van der Waals surface area contributed by atoms with Crippen LogP contribution < -0.4 is 11.1 Å². The number of nitrogens with one attached hydrogen (secondary N) is 1. The molecule has 0 radical (unpaired) electrons. The van der Waals surface area contributed by atoms with Crippen LogP contribution in [0, 0.1) is 0 Å². The molecule has 1 aliphatic rings. The summed E-state index contributed by atoms with van der Waals surface area (Å²) < 4.78 is 1.91. The Balaban J connectivity index is 1.84. The fourth-order valence-corrected chi connectivity index (χ4v) is 2.07. The first-order chi connectivity index (χ1) is 9.13. The quantitative estimate of drug-likeness (QED) is 0.841. The van der Waals surface area contributed by atoms with E-state index in [1.54, 1.807) is 12.3 Å². The minimum Gasteiger partial charge on any atom is -0.397 e. The Morgan fingerprint density at radius 1 is 1.42 bits per heavy atom. The van der Waals surface area contributed by atoms with Crippen LogP contribution in [0.3, 0.4) is 0 Å². The number of amides is 1. The Morgan fingerprint density at radius 2 is 2.21 bits per heavy atom. The van der Waals surface area contributed by atoms with Crippen molar-refractivity contribution in [3.05, 3.63) is 35.5 Å². The van der Waals surface area contributed by atoms with Crippen LogP contribution in [0.5, 0.6) is 0 Å². The lowest BCUT2D eigenvalue weighted by molar-refractivity contribution is 0.101. The van der Waals surface area contributed by atoms with E-state index in [4.69, 9.17) is 17.3 Å². The summed E-state index contributed by atoms with van der Waals surface area (Å²) in [6.45, 7) is 0. The fourth-order valence-electron chi connectivity index (χ4n) is 1.92. The molecule has 2 aromatic rings. The van der Waals surface area contributed by atoms with E-state index in [1.165, 1.54) is 12.4 Å². The van der Waals surface area contributed by atoms with Crippen molar-refractivity contribution in [2.45, 2.75) is 18.9 Å². The summed E-state index contributed by atoms with van der Waals surface area (Å²) in [5.74, 6) is 0.116. The summed E-state index contributed by atoms with van der Waals surface area (Å²) in [4.78, 5) is 19.9. The molecule has 2 heterocycles. The van der Waals surface area contributed by atoms with E-state index in [-0.39, 0.29) is 11.1 Å². The lowest BCUT2D eigenvalue weighted by Gasteiger charge is -2.07. The number of hydrogen-bond donors (Lipinski definition) is 2. The standard InChI is InChI=1S/C12H12ClN5O/c13-10-4-11(16-6-15-10)17-12(19)9-3-7(14)5-18(9)8-1-2-8/h3-6,8H,1-2,14H2,(H,15,16,17,19). The highest BCUT2D eigenvalue weighted by Crippen LogP contribution is 2.37. The van der Waals surface area contributed by atoms with Gasteiger partial charge in [0.2, 0.25) is 0 Å². The second kappa shape index (κ2) is 4.55. The highest BCUT2D eigenvalue weighted by Gasteiger charge is 2.27. The van der Waals surface area contributed by atoms with Gasteiger partial charge in [0.15, 0.2) is 0 Å². The molecule has 0 atom stereocenters. The van der Waals surface area contributed by atoms with Gasteiger partial charge in [-0.2, -0.15) is 0 Å². The van der Waals surface area contributed by atoms with E-state index in [9.17, 15) is 4.79 Å². The first-order valence-electron chi connectivity index (χ1n) is 5.90. The van der Waals surface area contributed by atoms with Crippen molar-refractivity contribution < 1.29 is 4.79 Å². The highest BCUT2D eigenvalue weighted by atomic mass is 35.5. The number of nitrogens with zero attached hydrogens (tertiary/aromatic N) is 3. The van der Waals surface area contributed by atoms with E-state index in [0.717, 1.165) is 12.8 Å². The van der Waals surface area contributed by atoms with Gasteiger partial charge in [0.05, 0.1) is 5.69 Å². The first-order valence-corrected chi connectivity index (χ1v) is 6.27. The van der Waals surface area contributed by atoms with Crippen LogP contribution in [-0.2, 0) is 0 Å². The molecule has 0 bridgehead atoms. The molecule has 0 unspecified atom stereocenters. The van der Waals surface area contributed by atoms with Gasteiger partial charge in [-0.1, -0.05) is 11.6 Å². The van der Waals surface area contributed by atoms with E-state index in [1.807, 2.05) is 4.57 Å². The van der Waals surface area contributed by atoms with Crippen molar-refractivity contribution in [1.82, 2.24) is 14.5 Å². The maximum absolute atomic E-state index is 12.2. The molecule has 1 aliphatic carbocycles. The Kier molecular flexibility index (Phi) is 2.87. The normalized spacial score (nSPS) is 14.4. The summed E-state index contributed by atoms with van der Waals surface area (Å²) >= 11 is 5.74. The van der Waals surface area contributed by atoms with Gasteiger partial charge in [-0.25, -0.2) is 9.97 Å². The maximum Gasteiger partial charge on any atom is 0.273 e. The van der Waals surface area contributed by atoms with Crippen LogP contribution in [0.25, 0.3) is 0 Å². The third kappa shape index (κ3) is 2.53. The fraction of sp³-hybridized carbons (Fsp3) is 0.250. The number of halogens is 1. The zero-order valence-electron chi connectivity index (χ0n) is 10.0. The van der Waals surface area contributed by atoms with Crippen molar-refractivity contribution in [3.8, 4) is 0 Å². The average molecular weight is 278 g/mol. The Labute approximate surface area is 114 Å². The first kappa shape index (κ1) is 12.0. The van der Waals surface area contributed by atoms with Crippen molar-refractivity contribution >= 4 is 29.0 Å². The summed E-state index contributed by atoms with van der Waals surface area (Å²) in [5, 5.41) is 2.96. The van der Waals surface area contributed by atoms with Crippen LogP contribution in [0.4, 0.5) is 11.5 Å². The van der Waals surface area contributed by atoms with Gasteiger partial charge < -0.3 is 15.6 Å². The van der Waals surface area contributed by atoms with Crippen molar-refractivity contribution in [1.29, 1.82) is 0 Å². The number of carbonyl (C=O) groups excluding carboxylic acids is 1. The van der Waals surface area contributed by atoms with Crippen LogP contribution in [0.15, 0.2) is 24.7 Å². The number of nitrogens with two attached hydrogens (primary N) is 1. The van der Waals surface area contributed by atoms with E-state index in [0.29, 0.717) is 23.2 Å². The van der Waals surface area contributed by atoms with E-state index in [2.05, 4.69) is 15.3 Å². The monoisotopic (exact) mass is 277 g/mol. The third-order valence-electron chi connectivity index (χ3n) is 2.92. The molecular weight excluding hydrogens is 266 g/mol. The zero-order valence-corrected chi connectivity index (χ0v) is 10.8. The van der Waals surface area contributed by atoms with Gasteiger partial charge in [-0.05, 0) is 18.9 Å². The van der Waals surface area contributed by atoms with Crippen LogP contribution >= 0.6 is 11.6 Å². The van der Waals surface area contributed by atoms with Gasteiger partial charge in [-0.3, -0.25) is 4.79 Å². The van der Waals surface area contributed by atoms with E-state index < -0.39 is 0 Å². The lowest BCUT2D eigenvalue weighted by Crippen LogP contribution is -2.17. The molecule has 3 rings (SSSR count). The summed E-state index contributed by atoms with van der Waals surface area (Å²) in [5.41, 5.74) is 6.87. The topological polar surface area (TPSA) is 85.8 Å². The smallest absolute Gasteiger partial charge is 0.273 e. The molecular formula is C12H12ClN5O. The number of hydrogen-bond acceptors (Lipinski definition) is 4. The summed E-state index contributed by atoms with van der Waals surface area (Å²) in [6, 6.07) is 3.54. The molecule has 0 aliphatic heterocycles. The molecule has 0 spiro atoms. The maximum atomic E-state index is 12.2. The number of aromatic nitrogens is 3. The predicted octanol–water partition coefficient (Wildman–Crippen LogP) is 2.10.